The zero-order chi connectivity index (χ0) is 13.1. The fourth-order valence-electron chi connectivity index (χ4n) is 4.29. The molecule has 5 atom stereocenters. The molecule has 2 fully saturated rings. The maximum absolute atomic E-state index is 9.50. The summed E-state index contributed by atoms with van der Waals surface area (Å²) in [4.78, 5) is 0. The van der Waals surface area contributed by atoms with Gasteiger partial charge in [-0.25, -0.2) is 0 Å². The molecule has 3 rings (SSSR count). The molecular weight excluding hydrogens is 224 g/mol. The SMILES string of the molecule is CC1[C@H]2[C@H]3C=C[C@@H]1C(C#N)(C#N)C(C#N)(C#N)[C@H]32. The Morgan fingerprint density at radius 2 is 1.44 bits per heavy atom. The number of nitriles is 4. The second-order valence-electron chi connectivity index (χ2n) is 5.51. The largest absolute Gasteiger partial charge is 0.196 e. The van der Waals surface area contributed by atoms with E-state index in [1.54, 1.807) is 0 Å². The average Bonchev–Trinajstić information content (AvgIpc) is 3.14. The van der Waals surface area contributed by atoms with Gasteiger partial charge in [-0.05, 0) is 17.8 Å². The van der Waals surface area contributed by atoms with Gasteiger partial charge in [-0.2, -0.15) is 21.0 Å². The Balaban J connectivity index is 2.32. The summed E-state index contributed by atoms with van der Waals surface area (Å²) in [5.41, 5.74) is -3.01. The fraction of sp³-hybridized carbons (Fsp3) is 0.571. The molecule has 1 unspecified atom stereocenters. The summed E-state index contributed by atoms with van der Waals surface area (Å²) in [5, 5.41) is 38.0. The van der Waals surface area contributed by atoms with Crippen LogP contribution in [0.25, 0.3) is 0 Å². The number of rotatable bonds is 0. The van der Waals surface area contributed by atoms with Crippen LogP contribution in [-0.4, -0.2) is 0 Å². The number of hydrogen-bond donors (Lipinski definition) is 0. The highest BCUT2D eigenvalue weighted by molar-refractivity contribution is 5.47. The Morgan fingerprint density at radius 3 is 1.94 bits per heavy atom. The van der Waals surface area contributed by atoms with Gasteiger partial charge in [0.1, 0.15) is 0 Å². The fourth-order valence-corrected chi connectivity index (χ4v) is 4.29. The van der Waals surface area contributed by atoms with Gasteiger partial charge in [-0.3, -0.25) is 0 Å². The van der Waals surface area contributed by atoms with Gasteiger partial charge < -0.3 is 0 Å². The predicted octanol–water partition coefficient (Wildman–Crippen LogP) is 1.75. The third-order valence-electron chi connectivity index (χ3n) is 5.17. The van der Waals surface area contributed by atoms with E-state index >= 15 is 0 Å². The molecule has 0 aromatic carbocycles. The van der Waals surface area contributed by atoms with E-state index in [9.17, 15) is 21.0 Å². The maximum atomic E-state index is 9.50. The van der Waals surface area contributed by atoms with Gasteiger partial charge >= 0.3 is 0 Å². The molecule has 0 radical (unpaired) electrons. The monoisotopic (exact) mass is 234 g/mol. The van der Waals surface area contributed by atoms with E-state index in [-0.39, 0.29) is 29.6 Å². The van der Waals surface area contributed by atoms with Crippen molar-refractivity contribution in [2.24, 2.45) is 40.4 Å². The van der Waals surface area contributed by atoms with Crippen LogP contribution in [0.4, 0.5) is 0 Å². The maximum Gasteiger partial charge on any atom is 0.182 e. The quantitative estimate of drug-likeness (QED) is 0.596. The number of hydrogen-bond acceptors (Lipinski definition) is 4. The van der Waals surface area contributed by atoms with Gasteiger partial charge in [0.15, 0.2) is 10.8 Å². The number of fused-ring (bicyclic) bond motifs is 2. The molecule has 0 heterocycles. The van der Waals surface area contributed by atoms with Crippen LogP contribution in [0.5, 0.6) is 0 Å². The van der Waals surface area contributed by atoms with Gasteiger partial charge in [-0.15, -0.1) is 0 Å². The third-order valence-corrected chi connectivity index (χ3v) is 5.17. The van der Waals surface area contributed by atoms with E-state index in [1.807, 2.05) is 43.4 Å². The molecule has 0 aromatic rings. The number of nitrogens with zero attached hydrogens (tertiary/aromatic N) is 4. The molecule has 2 saturated carbocycles. The van der Waals surface area contributed by atoms with Gasteiger partial charge in [0, 0.05) is 11.8 Å². The lowest BCUT2D eigenvalue weighted by Gasteiger charge is -2.43. The smallest absolute Gasteiger partial charge is 0.182 e. The van der Waals surface area contributed by atoms with E-state index in [0.29, 0.717) is 0 Å². The van der Waals surface area contributed by atoms with Crippen molar-refractivity contribution in [3.63, 3.8) is 0 Å². The molecule has 0 saturated heterocycles. The summed E-state index contributed by atoms with van der Waals surface area (Å²) in [5.74, 6) is 0.205. The van der Waals surface area contributed by atoms with Gasteiger partial charge in [-0.1, -0.05) is 19.1 Å². The molecule has 18 heavy (non-hydrogen) atoms. The first kappa shape index (κ1) is 10.8. The van der Waals surface area contributed by atoms with Crippen LogP contribution >= 0.6 is 0 Å². The minimum Gasteiger partial charge on any atom is -0.196 e. The minimum atomic E-state index is -1.53. The lowest BCUT2D eigenvalue weighted by atomic mass is 9.51. The van der Waals surface area contributed by atoms with Crippen molar-refractivity contribution in [2.45, 2.75) is 6.92 Å². The second kappa shape index (κ2) is 2.93. The van der Waals surface area contributed by atoms with E-state index < -0.39 is 10.8 Å². The first-order valence-corrected chi connectivity index (χ1v) is 5.97. The van der Waals surface area contributed by atoms with Gasteiger partial charge in [0.2, 0.25) is 0 Å². The summed E-state index contributed by atoms with van der Waals surface area (Å²) < 4.78 is 0. The minimum absolute atomic E-state index is 0.156. The van der Waals surface area contributed by atoms with E-state index in [2.05, 4.69) is 0 Å². The molecule has 0 amide bonds. The van der Waals surface area contributed by atoms with E-state index in [0.717, 1.165) is 0 Å². The Morgan fingerprint density at radius 1 is 0.889 bits per heavy atom. The Bertz CT molecular complexity index is 590. The van der Waals surface area contributed by atoms with Crippen molar-refractivity contribution in [1.82, 2.24) is 0 Å². The summed E-state index contributed by atoms with van der Waals surface area (Å²) >= 11 is 0. The molecule has 86 valence electrons. The Labute approximate surface area is 105 Å². The van der Waals surface area contributed by atoms with Crippen LogP contribution in [0.1, 0.15) is 6.92 Å². The third kappa shape index (κ3) is 0.766. The first-order valence-electron chi connectivity index (χ1n) is 5.97. The second-order valence-corrected chi connectivity index (χ2v) is 5.51. The van der Waals surface area contributed by atoms with E-state index in [1.165, 1.54) is 0 Å². The Hall–Kier alpha value is -2.30. The molecule has 4 nitrogen and oxygen atoms in total. The predicted molar refractivity (Wildman–Crippen MR) is 59.6 cm³/mol. The summed E-state index contributed by atoms with van der Waals surface area (Å²) in [6, 6.07) is 8.09. The normalized spacial score (nSPS) is 43.7. The molecule has 2 bridgehead atoms. The average molecular weight is 234 g/mol. The molecule has 3 aliphatic carbocycles. The lowest BCUT2D eigenvalue weighted by molar-refractivity contribution is 0.0910. The molecule has 3 aliphatic rings. The van der Waals surface area contributed by atoms with Crippen molar-refractivity contribution in [2.75, 3.05) is 0 Å². The lowest BCUT2D eigenvalue weighted by Crippen LogP contribution is -2.51. The van der Waals surface area contributed by atoms with Crippen molar-refractivity contribution in [1.29, 1.82) is 21.0 Å². The highest BCUT2D eigenvalue weighted by atomic mass is 14.8. The highest BCUT2D eigenvalue weighted by Gasteiger charge is 2.79. The topological polar surface area (TPSA) is 95.2 Å². The van der Waals surface area contributed by atoms with E-state index in [4.69, 9.17) is 0 Å². The van der Waals surface area contributed by atoms with Crippen LogP contribution in [0.15, 0.2) is 12.2 Å². The molecule has 0 spiro atoms. The molecular formula is C14H10N4. The molecule has 4 heteroatoms. The summed E-state index contributed by atoms with van der Waals surface area (Å²) in [6.07, 6.45) is 3.88. The molecule has 0 aromatic heterocycles. The Kier molecular flexibility index (Phi) is 1.76. The standard InChI is InChI=1S/C14H10N4/c1-8-10-3-2-9-11(8)12(9)14(6-17,7-18)13(10,4-15)5-16/h2-3,8-12H,1H3/t8?,9-,10+,11+,12-/m1/s1. The molecule has 0 aliphatic heterocycles. The van der Waals surface area contributed by atoms with Crippen LogP contribution < -0.4 is 0 Å². The van der Waals surface area contributed by atoms with Crippen LogP contribution in [0, 0.1) is 85.7 Å². The van der Waals surface area contributed by atoms with Gasteiger partial charge in [0.05, 0.1) is 24.3 Å². The van der Waals surface area contributed by atoms with Crippen LogP contribution in [0.2, 0.25) is 0 Å². The van der Waals surface area contributed by atoms with Crippen LogP contribution in [0.3, 0.4) is 0 Å². The highest BCUT2D eigenvalue weighted by Crippen LogP contribution is 2.75. The summed E-state index contributed by atoms with van der Waals surface area (Å²) in [7, 11) is 0. The van der Waals surface area contributed by atoms with Crippen molar-refractivity contribution in [3.05, 3.63) is 12.2 Å². The number of allylic oxidation sites excluding steroid dienone is 2. The molecule has 0 N–H and O–H groups in total. The van der Waals surface area contributed by atoms with Crippen molar-refractivity contribution >= 4 is 0 Å². The zero-order valence-corrected chi connectivity index (χ0v) is 9.83. The van der Waals surface area contributed by atoms with Crippen LogP contribution in [-0.2, 0) is 0 Å². The van der Waals surface area contributed by atoms with Gasteiger partial charge in [0.25, 0.3) is 0 Å². The van der Waals surface area contributed by atoms with Crippen molar-refractivity contribution in [3.8, 4) is 24.3 Å². The summed E-state index contributed by atoms with van der Waals surface area (Å²) in [6.45, 7) is 2.02. The van der Waals surface area contributed by atoms with Crippen molar-refractivity contribution < 1.29 is 0 Å². The zero-order valence-electron chi connectivity index (χ0n) is 9.83. The first-order chi connectivity index (χ1) is 8.63.